The van der Waals surface area contributed by atoms with E-state index in [0.29, 0.717) is 0 Å². The van der Waals surface area contributed by atoms with Gasteiger partial charge in [-0.1, -0.05) is 57.2 Å². The third-order valence-electron chi connectivity index (χ3n) is 6.61. The van der Waals surface area contributed by atoms with E-state index in [4.69, 9.17) is 14.4 Å². The van der Waals surface area contributed by atoms with Crippen LogP contribution in [0.4, 0.5) is 0 Å². The summed E-state index contributed by atoms with van der Waals surface area (Å²) in [5.41, 5.74) is 8.55. The number of benzene rings is 3. The van der Waals surface area contributed by atoms with Gasteiger partial charge >= 0.3 is 0 Å². The zero-order valence-corrected chi connectivity index (χ0v) is 19.9. The first-order valence-electron chi connectivity index (χ1n) is 11.7. The molecule has 6 aromatic rings. The lowest BCUT2D eigenvalue weighted by Gasteiger charge is -2.19. The van der Waals surface area contributed by atoms with Crippen LogP contribution in [0.2, 0.25) is 0 Å². The second-order valence-corrected chi connectivity index (χ2v) is 10.1. The van der Waals surface area contributed by atoms with Crippen molar-refractivity contribution in [1.82, 2.24) is 9.97 Å². The van der Waals surface area contributed by atoms with Crippen LogP contribution in [0.1, 0.15) is 31.9 Å². The Morgan fingerprint density at radius 1 is 0.765 bits per heavy atom. The van der Waals surface area contributed by atoms with Crippen molar-refractivity contribution in [2.75, 3.05) is 0 Å². The number of pyridine rings is 2. The molecule has 3 aromatic heterocycles. The number of hydrogen-bond donors (Lipinski definition) is 0. The highest BCUT2D eigenvalue weighted by Crippen LogP contribution is 2.39. The summed E-state index contributed by atoms with van der Waals surface area (Å²) >= 11 is 0. The molecule has 0 unspecified atom stereocenters. The van der Waals surface area contributed by atoms with Crippen LogP contribution in [0, 0.1) is 6.92 Å². The van der Waals surface area contributed by atoms with Crippen molar-refractivity contribution in [3.8, 4) is 22.4 Å². The molecule has 0 bridgehead atoms. The molecule has 0 N–H and O–H groups in total. The van der Waals surface area contributed by atoms with Crippen molar-refractivity contribution in [3.05, 3.63) is 96.5 Å². The van der Waals surface area contributed by atoms with Crippen LogP contribution in [0.5, 0.6) is 0 Å². The molecular weight excluding hydrogens is 416 g/mol. The van der Waals surface area contributed by atoms with Crippen molar-refractivity contribution >= 4 is 32.6 Å². The highest BCUT2D eigenvalue weighted by Gasteiger charge is 2.17. The fraction of sp³-hybridized carbons (Fsp3) is 0.161. The fourth-order valence-corrected chi connectivity index (χ4v) is 4.74. The third kappa shape index (κ3) is 3.36. The van der Waals surface area contributed by atoms with Crippen LogP contribution in [0.3, 0.4) is 0 Å². The molecule has 166 valence electrons. The summed E-state index contributed by atoms with van der Waals surface area (Å²) in [4.78, 5) is 9.58. The van der Waals surface area contributed by atoms with Gasteiger partial charge in [0.05, 0.1) is 12.0 Å². The molecule has 0 amide bonds. The number of aryl methyl sites for hydroxylation is 1. The average Bonchev–Trinajstić information content (AvgIpc) is 3.31. The molecule has 3 heterocycles. The zero-order chi connectivity index (χ0) is 23.4. The zero-order valence-electron chi connectivity index (χ0n) is 19.9. The van der Waals surface area contributed by atoms with E-state index in [1.165, 1.54) is 16.3 Å². The minimum Gasteiger partial charge on any atom is -0.462 e. The molecule has 3 nitrogen and oxygen atoms in total. The molecule has 0 aliphatic carbocycles. The Bertz CT molecular complexity index is 1700. The molecule has 0 aliphatic rings. The second kappa shape index (κ2) is 7.53. The van der Waals surface area contributed by atoms with Gasteiger partial charge in [-0.15, -0.1) is 0 Å². The molecule has 0 atom stereocenters. The minimum atomic E-state index is 0.127. The first-order valence-corrected chi connectivity index (χ1v) is 11.7. The van der Waals surface area contributed by atoms with Crippen LogP contribution < -0.4 is 0 Å². The minimum absolute atomic E-state index is 0.127. The summed E-state index contributed by atoms with van der Waals surface area (Å²) in [6, 6.07) is 24.0. The molecular formula is C31H26N2O. The van der Waals surface area contributed by atoms with E-state index < -0.39 is 0 Å². The molecule has 3 aromatic carbocycles. The van der Waals surface area contributed by atoms with Gasteiger partial charge < -0.3 is 4.42 Å². The van der Waals surface area contributed by atoms with Crippen LogP contribution in [0.25, 0.3) is 55.0 Å². The molecule has 0 saturated heterocycles. The van der Waals surface area contributed by atoms with Crippen LogP contribution in [-0.2, 0) is 5.41 Å². The molecule has 3 heteroatoms. The summed E-state index contributed by atoms with van der Waals surface area (Å²) in [5.74, 6) is 0. The van der Waals surface area contributed by atoms with Crippen LogP contribution in [0.15, 0.2) is 89.8 Å². The van der Waals surface area contributed by atoms with Gasteiger partial charge in [-0.25, -0.2) is 0 Å². The second-order valence-electron chi connectivity index (χ2n) is 10.1. The number of nitrogens with zero attached hydrogens (tertiary/aromatic N) is 2. The third-order valence-corrected chi connectivity index (χ3v) is 6.61. The molecule has 34 heavy (non-hydrogen) atoms. The maximum atomic E-state index is 5.78. The number of fused-ring (bicyclic) bond motifs is 4. The smallest absolute Gasteiger partial charge is 0.160 e. The van der Waals surface area contributed by atoms with Gasteiger partial charge in [-0.05, 0) is 70.1 Å². The van der Waals surface area contributed by atoms with Gasteiger partial charge in [-0.3, -0.25) is 9.97 Å². The summed E-state index contributed by atoms with van der Waals surface area (Å²) in [6.45, 7) is 8.82. The van der Waals surface area contributed by atoms with Crippen molar-refractivity contribution in [1.29, 1.82) is 0 Å². The van der Waals surface area contributed by atoms with E-state index in [1.54, 1.807) is 6.26 Å². The molecule has 0 aliphatic heterocycles. The largest absolute Gasteiger partial charge is 0.462 e. The van der Waals surface area contributed by atoms with Gasteiger partial charge in [0.1, 0.15) is 5.52 Å². The van der Waals surface area contributed by atoms with E-state index in [0.717, 1.165) is 49.8 Å². The van der Waals surface area contributed by atoms with E-state index in [9.17, 15) is 0 Å². The van der Waals surface area contributed by atoms with Gasteiger partial charge in [0.15, 0.2) is 5.58 Å². The Balaban J connectivity index is 1.58. The molecule has 0 radical (unpaired) electrons. The van der Waals surface area contributed by atoms with Crippen molar-refractivity contribution in [3.63, 3.8) is 0 Å². The maximum absolute atomic E-state index is 5.78. The molecule has 0 spiro atoms. The normalized spacial score (nSPS) is 12.1. The molecule has 6 rings (SSSR count). The standard InChI is InChI=1S/C31H26N2O/c1-19-14-26-27(17-23-11-13-34-30(23)29(26)33-18-19)28-25(6-5-12-32-28)22-8-7-21-16-24(31(2,3)4)10-9-20(21)15-22/h5-18H,1-4H3. The summed E-state index contributed by atoms with van der Waals surface area (Å²) in [5, 5.41) is 4.57. The quantitative estimate of drug-likeness (QED) is 0.270. The summed E-state index contributed by atoms with van der Waals surface area (Å²) < 4.78 is 5.78. The van der Waals surface area contributed by atoms with E-state index in [2.05, 4.69) is 82.3 Å². The topological polar surface area (TPSA) is 38.9 Å². The SMILES string of the molecule is Cc1cnc2c(c1)c(-c1ncccc1-c1ccc3cc(C(C)(C)C)ccc3c1)cc1ccoc12. The highest BCUT2D eigenvalue weighted by molar-refractivity contribution is 6.10. The van der Waals surface area contributed by atoms with Gasteiger partial charge in [0.25, 0.3) is 0 Å². The number of rotatable bonds is 2. The van der Waals surface area contributed by atoms with Gasteiger partial charge in [-0.2, -0.15) is 0 Å². The van der Waals surface area contributed by atoms with Crippen LogP contribution >= 0.6 is 0 Å². The maximum Gasteiger partial charge on any atom is 0.160 e. The Morgan fingerprint density at radius 2 is 1.59 bits per heavy atom. The highest BCUT2D eigenvalue weighted by atomic mass is 16.3. The molecule has 0 saturated carbocycles. The van der Waals surface area contributed by atoms with Crippen molar-refractivity contribution in [2.24, 2.45) is 0 Å². The fourth-order valence-electron chi connectivity index (χ4n) is 4.74. The summed E-state index contributed by atoms with van der Waals surface area (Å²) in [7, 11) is 0. The van der Waals surface area contributed by atoms with Gasteiger partial charge in [0.2, 0.25) is 0 Å². The van der Waals surface area contributed by atoms with Gasteiger partial charge in [0, 0.05) is 34.3 Å². The Hall–Kier alpha value is -3.98. The van der Waals surface area contributed by atoms with Crippen molar-refractivity contribution in [2.45, 2.75) is 33.1 Å². The number of aromatic nitrogens is 2. The van der Waals surface area contributed by atoms with E-state index in [1.807, 2.05) is 24.5 Å². The van der Waals surface area contributed by atoms with E-state index >= 15 is 0 Å². The lowest BCUT2D eigenvalue weighted by atomic mass is 9.85. The Labute approximate surface area is 199 Å². The van der Waals surface area contributed by atoms with Crippen molar-refractivity contribution < 1.29 is 4.42 Å². The number of hydrogen-bond acceptors (Lipinski definition) is 3. The first-order chi connectivity index (χ1) is 16.4. The average molecular weight is 443 g/mol. The predicted octanol–water partition coefficient (Wildman–Crippen LogP) is 8.47. The monoisotopic (exact) mass is 442 g/mol. The summed E-state index contributed by atoms with van der Waals surface area (Å²) in [6.07, 6.45) is 5.48. The van der Waals surface area contributed by atoms with E-state index in [-0.39, 0.29) is 5.41 Å². The first kappa shape index (κ1) is 20.6. The number of furan rings is 1. The lowest BCUT2D eigenvalue weighted by molar-refractivity contribution is 0.591. The molecule has 0 fully saturated rings. The Kier molecular flexibility index (Phi) is 4.56. The van der Waals surface area contributed by atoms with Crippen LogP contribution in [-0.4, -0.2) is 9.97 Å². The Morgan fingerprint density at radius 3 is 2.44 bits per heavy atom. The lowest BCUT2D eigenvalue weighted by Crippen LogP contribution is -2.10. The predicted molar refractivity (Wildman–Crippen MR) is 141 cm³/mol.